The highest BCUT2D eigenvalue weighted by molar-refractivity contribution is 7.99. The lowest BCUT2D eigenvalue weighted by Gasteiger charge is -2.17. The minimum Gasteiger partial charge on any atom is -0.455 e. The van der Waals surface area contributed by atoms with E-state index in [0.717, 1.165) is 17.1 Å². The molecule has 150 valence electrons. The Bertz CT molecular complexity index is 961. The van der Waals surface area contributed by atoms with Crippen molar-refractivity contribution in [3.63, 3.8) is 0 Å². The van der Waals surface area contributed by atoms with Crippen LogP contribution in [0.1, 0.15) is 11.4 Å². The van der Waals surface area contributed by atoms with Crippen molar-refractivity contribution in [2.45, 2.75) is 18.6 Å². The Kier molecular flexibility index (Phi) is 7.02. The molecule has 29 heavy (non-hydrogen) atoms. The molecular formula is C21H22N4O3S. The molecule has 0 saturated heterocycles. The van der Waals surface area contributed by atoms with Gasteiger partial charge in [-0.05, 0) is 24.6 Å². The molecular weight excluding hydrogens is 388 g/mol. The Labute approximate surface area is 173 Å². The molecule has 0 saturated carbocycles. The average Bonchev–Trinajstić information content (AvgIpc) is 3.10. The third-order valence-electron chi connectivity index (χ3n) is 4.28. The van der Waals surface area contributed by atoms with Gasteiger partial charge in [-0.3, -0.25) is 9.59 Å². The SMILES string of the molecule is Cc1nnc(SCC(=O)OCC(=O)N(C)c2ccccc2)n1Cc1ccccc1. The van der Waals surface area contributed by atoms with Crippen molar-refractivity contribution in [1.29, 1.82) is 0 Å². The number of nitrogens with zero attached hydrogens (tertiary/aromatic N) is 4. The van der Waals surface area contributed by atoms with Crippen LogP contribution < -0.4 is 4.90 Å². The number of anilines is 1. The van der Waals surface area contributed by atoms with Crippen LogP contribution in [0.5, 0.6) is 0 Å². The van der Waals surface area contributed by atoms with Crippen LogP contribution in [0.4, 0.5) is 5.69 Å². The van der Waals surface area contributed by atoms with Gasteiger partial charge in [0.25, 0.3) is 5.91 Å². The highest BCUT2D eigenvalue weighted by atomic mass is 32.2. The van der Waals surface area contributed by atoms with Crippen LogP contribution in [0.2, 0.25) is 0 Å². The second-order valence-corrected chi connectivity index (χ2v) is 7.28. The lowest BCUT2D eigenvalue weighted by Crippen LogP contribution is -2.31. The molecule has 0 spiro atoms. The third-order valence-corrected chi connectivity index (χ3v) is 5.22. The van der Waals surface area contributed by atoms with Crippen molar-refractivity contribution in [3.05, 3.63) is 72.1 Å². The number of aromatic nitrogens is 3. The van der Waals surface area contributed by atoms with Gasteiger partial charge in [0.05, 0.1) is 12.3 Å². The van der Waals surface area contributed by atoms with Gasteiger partial charge < -0.3 is 14.2 Å². The zero-order chi connectivity index (χ0) is 20.6. The van der Waals surface area contributed by atoms with Crippen molar-refractivity contribution in [2.75, 3.05) is 24.3 Å². The standard InChI is InChI=1S/C21H22N4O3S/c1-16-22-23-21(25(16)13-17-9-5-3-6-10-17)29-15-20(27)28-14-19(26)24(2)18-11-7-4-8-12-18/h3-12H,13-15H2,1-2H3. The summed E-state index contributed by atoms with van der Waals surface area (Å²) in [4.78, 5) is 25.7. The average molecular weight is 410 g/mol. The van der Waals surface area contributed by atoms with Crippen molar-refractivity contribution < 1.29 is 14.3 Å². The van der Waals surface area contributed by atoms with Crippen LogP contribution in [-0.4, -0.2) is 46.0 Å². The molecule has 0 fully saturated rings. The van der Waals surface area contributed by atoms with Gasteiger partial charge in [-0.1, -0.05) is 60.3 Å². The Morgan fingerprint density at radius 3 is 2.38 bits per heavy atom. The van der Waals surface area contributed by atoms with Crippen molar-refractivity contribution >= 4 is 29.3 Å². The van der Waals surface area contributed by atoms with E-state index in [2.05, 4.69) is 10.2 Å². The number of likely N-dealkylation sites (N-methyl/N-ethyl adjacent to an activating group) is 1. The van der Waals surface area contributed by atoms with Crippen LogP contribution in [-0.2, 0) is 20.9 Å². The van der Waals surface area contributed by atoms with E-state index in [4.69, 9.17) is 4.74 Å². The second-order valence-electron chi connectivity index (χ2n) is 6.34. The second kappa shape index (κ2) is 9.88. The fourth-order valence-electron chi connectivity index (χ4n) is 2.62. The van der Waals surface area contributed by atoms with Crippen LogP contribution in [0.25, 0.3) is 0 Å². The summed E-state index contributed by atoms with van der Waals surface area (Å²) in [6, 6.07) is 19.2. The van der Waals surface area contributed by atoms with Crippen LogP contribution >= 0.6 is 11.8 Å². The first-order valence-corrected chi connectivity index (χ1v) is 10.1. The largest absolute Gasteiger partial charge is 0.455 e. The Morgan fingerprint density at radius 1 is 1.03 bits per heavy atom. The number of ether oxygens (including phenoxy) is 1. The molecule has 0 N–H and O–H groups in total. The molecule has 1 aromatic heterocycles. The summed E-state index contributed by atoms with van der Waals surface area (Å²) in [6.45, 7) is 2.19. The molecule has 3 rings (SSSR count). The zero-order valence-electron chi connectivity index (χ0n) is 16.3. The first-order valence-electron chi connectivity index (χ1n) is 9.08. The first-order chi connectivity index (χ1) is 14.0. The first kappa shape index (κ1) is 20.6. The number of hydrogen-bond donors (Lipinski definition) is 0. The quantitative estimate of drug-likeness (QED) is 0.420. The van der Waals surface area contributed by atoms with E-state index in [9.17, 15) is 9.59 Å². The predicted octanol–water partition coefficient (Wildman–Crippen LogP) is 2.93. The maximum atomic E-state index is 12.2. The number of benzene rings is 2. The molecule has 0 aliphatic carbocycles. The van der Waals surface area contributed by atoms with E-state index in [1.807, 2.05) is 72.2 Å². The van der Waals surface area contributed by atoms with Crippen LogP contribution in [0, 0.1) is 6.92 Å². The molecule has 0 bridgehead atoms. The zero-order valence-corrected chi connectivity index (χ0v) is 17.1. The minimum absolute atomic E-state index is 0.0508. The molecule has 0 radical (unpaired) electrons. The number of carbonyl (C=O) groups excluding carboxylic acids is 2. The van der Waals surface area contributed by atoms with Crippen LogP contribution in [0.3, 0.4) is 0 Å². The Balaban J connectivity index is 1.50. The number of amides is 1. The number of hydrogen-bond acceptors (Lipinski definition) is 6. The molecule has 0 atom stereocenters. The van der Waals surface area contributed by atoms with Gasteiger partial charge in [0.1, 0.15) is 5.82 Å². The maximum absolute atomic E-state index is 12.2. The van der Waals surface area contributed by atoms with E-state index >= 15 is 0 Å². The maximum Gasteiger partial charge on any atom is 0.316 e. The summed E-state index contributed by atoms with van der Waals surface area (Å²) in [5, 5.41) is 8.88. The van der Waals surface area contributed by atoms with E-state index in [1.54, 1.807) is 7.05 Å². The molecule has 1 amide bonds. The highest BCUT2D eigenvalue weighted by Crippen LogP contribution is 2.19. The monoisotopic (exact) mass is 410 g/mol. The van der Waals surface area contributed by atoms with E-state index in [1.165, 1.54) is 16.7 Å². The smallest absolute Gasteiger partial charge is 0.316 e. The van der Waals surface area contributed by atoms with E-state index in [0.29, 0.717) is 11.7 Å². The van der Waals surface area contributed by atoms with Crippen molar-refractivity contribution in [1.82, 2.24) is 14.8 Å². The van der Waals surface area contributed by atoms with Crippen molar-refractivity contribution in [2.24, 2.45) is 0 Å². The van der Waals surface area contributed by atoms with Gasteiger partial charge in [-0.2, -0.15) is 0 Å². The summed E-state index contributed by atoms with van der Waals surface area (Å²) in [7, 11) is 1.65. The van der Waals surface area contributed by atoms with Gasteiger partial charge in [0, 0.05) is 12.7 Å². The number of rotatable bonds is 8. The molecule has 2 aromatic carbocycles. The fraction of sp³-hybridized carbons (Fsp3) is 0.238. The summed E-state index contributed by atoms with van der Waals surface area (Å²) >= 11 is 1.24. The van der Waals surface area contributed by atoms with Gasteiger partial charge in [-0.15, -0.1) is 10.2 Å². The van der Waals surface area contributed by atoms with Gasteiger partial charge in [0.15, 0.2) is 11.8 Å². The Morgan fingerprint density at radius 2 is 1.69 bits per heavy atom. The van der Waals surface area contributed by atoms with Gasteiger partial charge >= 0.3 is 5.97 Å². The van der Waals surface area contributed by atoms with E-state index < -0.39 is 5.97 Å². The van der Waals surface area contributed by atoms with Crippen molar-refractivity contribution in [3.8, 4) is 0 Å². The fourth-order valence-corrected chi connectivity index (χ4v) is 3.40. The minimum atomic E-state index is -0.475. The molecule has 1 heterocycles. The number of esters is 1. The number of aryl methyl sites for hydroxylation is 1. The normalized spacial score (nSPS) is 10.6. The molecule has 0 aliphatic rings. The number of para-hydroxylation sites is 1. The van der Waals surface area contributed by atoms with E-state index in [-0.39, 0.29) is 18.3 Å². The molecule has 8 heteroatoms. The summed E-state index contributed by atoms with van der Waals surface area (Å²) < 4.78 is 7.07. The molecule has 0 aliphatic heterocycles. The van der Waals surface area contributed by atoms with Gasteiger partial charge in [0.2, 0.25) is 0 Å². The van der Waals surface area contributed by atoms with Gasteiger partial charge in [-0.25, -0.2) is 0 Å². The predicted molar refractivity (Wildman–Crippen MR) is 112 cm³/mol. The molecule has 7 nitrogen and oxygen atoms in total. The topological polar surface area (TPSA) is 77.3 Å². The number of thioether (sulfide) groups is 1. The lowest BCUT2D eigenvalue weighted by molar-refractivity contribution is -0.145. The lowest BCUT2D eigenvalue weighted by atomic mass is 10.2. The summed E-state index contributed by atoms with van der Waals surface area (Å²) in [5.74, 6) is 0.0497. The summed E-state index contributed by atoms with van der Waals surface area (Å²) in [5.41, 5.74) is 1.86. The third kappa shape index (κ3) is 5.68. The van der Waals surface area contributed by atoms with Crippen LogP contribution in [0.15, 0.2) is 65.8 Å². The molecule has 3 aromatic rings. The molecule has 0 unspecified atom stereocenters. The highest BCUT2D eigenvalue weighted by Gasteiger charge is 2.16. The Hall–Kier alpha value is -3.13. The summed E-state index contributed by atoms with van der Waals surface area (Å²) in [6.07, 6.45) is 0. The number of carbonyl (C=O) groups is 2.